The number of anilines is 1. The first kappa shape index (κ1) is 10.7. The van der Waals surface area contributed by atoms with Gasteiger partial charge in [-0.05, 0) is 37.5 Å². The largest absolute Gasteiger partial charge is 0.432 e. The highest BCUT2D eigenvalue weighted by Crippen LogP contribution is 2.27. The lowest BCUT2D eigenvalue weighted by Crippen LogP contribution is -1.92. The van der Waals surface area contributed by atoms with Crippen molar-refractivity contribution in [2.45, 2.75) is 20.8 Å². The minimum absolute atomic E-state index is 0.549. The summed E-state index contributed by atoms with van der Waals surface area (Å²) in [4.78, 5) is 4.35. The highest BCUT2D eigenvalue weighted by atomic mass is 16.4. The van der Waals surface area contributed by atoms with Crippen molar-refractivity contribution in [3.63, 3.8) is 0 Å². The van der Waals surface area contributed by atoms with Crippen LogP contribution in [0.3, 0.4) is 0 Å². The van der Waals surface area contributed by atoms with Gasteiger partial charge in [0, 0.05) is 12.6 Å². The minimum atomic E-state index is 0.549. The second kappa shape index (κ2) is 4.00. The van der Waals surface area contributed by atoms with Gasteiger partial charge in [-0.2, -0.15) is 4.98 Å². The molecule has 0 radical (unpaired) electrons. The van der Waals surface area contributed by atoms with Crippen LogP contribution in [0, 0.1) is 20.8 Å². The Morgan fingerprint density at radius 2 is 1.88 bits per heavy atom. The number of aromatic nitrogens is 1. The van der Waals surface area contributed by atoms with E-state index in [9.17, 15) is 0 Å². The van der Waals surface area contributed by atoms with E-state index in [1.54, 1.807) is 13.3 Å². The molecule has 2 aromatic rings. The lowest BCUT2D eigenvalue weighted by atomic mass is 9.97. The first-order valence-corrected chi connectivity index (χ1v) is 5.34. The van der Waals surface area contributed by atoms with Crippen LogP contribution < -0.4 is 5.32 Å². The van der Waals surface area contributed by atoms with Gasteiger partial charge in [-0.15, -0.1) is 0 Å². The molecule has 84 valence electrons. The molecule has 1 aromatic heterocycles. The molecule has 0 atom stereocenters. The standard InChI is InChI=1S/C13H16N2O/c1-8-5-6-11(10(3)9(8)2)12-7-16-13(14-4)15-12/h5-7H,1-4H3,(H,14,15). The van der Waals surface area contributed by atoms with Crippen LogP contribution in [-0.2, 0) is 0 Å². The van der Waals surface area contributed by atoms with Crippen LogP contribution in [0.5, 0.6) is 0 Å². The number of oxazole rings is 1. The van der Waals surface area contributed by atoms with Crippen molar-refractivity contribution in [2.75, 3.05) is 12.4 Å². The van der Waals surface area contributed by atoms with E-state index in [2.05, 4.69) is 43.2 Å². The summed E-state index contributed by atoms with van der Waals surface area (Å²) in [6.07, 6.45) is 1.68. The fourth-order valence-electron chi connectivity index (χ4n) is 1.75. The molecule has 0 aliphatic heterocycles. The molecule has 0 amide bonds. The summed E-state index contributed by atoms with van der Waals surface area (Å²) in [6, 6.07) is 4.76. The molecule has 0 fully saturated rings. The molecule has 0 saturated heterocycles. The molecule has 16 heavy (non-hydrogen) atoms. The Bertz CT molecular complexity index is 515. The number of rotatable bonds is 2. The van der Waals surface area contributed by atoms with Crippen LogP contribution in [-0.4, -0.2) is 12.0 Å². The number of aryl methyl sites for hydroxylation is 1. The maximum absolute atomic E-state index is 5.27. The number of nitrogens with one attached hydrogen (secondary N) is 1. The van der Waals surface area contributed by atoms with Crippen molar-refractivity contribution in [1.29, 1.82) is 0 Å². The molecule has 0 aliphatic carbocycles. The molecule has 0 spiro atoms. The lowest BCUT2D eigenvalue weighted by molar-refractivity contribution is 0.576. The molecule has 3 heteroatoms. The van der Waals surface area contributed by atoms with E-state index in [4.69, 9.17) is 4.42 Å². The number of hydrogen-bond donors (Lipinski definition) is 1. The Morgan fingerprint density at radius 3 is 2.50 bits per heavy atom. The molecule has 0 bridgehead atoms. The van der Waals surface area contributed by atoms with Crippen molar-refractivity contribution in [1.82, 2.24) is 4.98 Å². The summed E-state index contributed by atoms with van der Waals surface area (Å²) in [5.41, 5.74) is 5.89. The summed E-state index contributed by atoms with van der Waals surface area (Å²) < 4.78 is 5.27. The van der Waals surface area contributed by atoms with Crippen molar-refractivity contribution < 1.29 is 4.42 Å². The van der Waals surface area contributed by atoms with Crippen LogP contribution in [0.4, 0.5) is 6.01 Å². The summed E-state index contributed by atoms with van der Waals surface area (Å²) in [5.74, 6) is 0. The van der Waals surface area contributed by atoms with Gasteiger partial charge in [-0.3, -0.25) is 0 Å². The summed E-state index contributed by atoms with van der Waals surface area (Å²) in [6.45, 7) is 6.37. The maximum Gasteiger partial charge on any atom is 0.294 e. The lowest BCUT2D eigenvalue weighted by Gasteiger charge is -2.08. The van der Waals surface area contributed by atoms with Crippen LogP contribution in [0.1, 0.15) is 16.7 Å². The number of nitrogens with zero attached hydrogens (tertiary/aromatic N) is 1. The summed E-state index contributed by atoms with van der Waals surface area (Å²) in [5, 5.41) is 2.88. The first-order chi connectivity index (χ1) is 7.63. The molecule has 1 aromatic carbocycles. The Balaban J connectivity index is 2.52. The highest BCUT2D eigenvalue weighted by molar-refractivity contribution is 5.66. The Kier molecular flexibility index (Phi) is 2.69. The van der Waals surface area contributed by atoms with Gasteiger partial charge in [0.25, 0.3) is 6.01 Å². The first-order valence-electron chi connectivity index (χ1n) is 5.34. The second-order valence-corrected chi connectivity index (χ2v) is 3.97. The van der Waals surface area contributed by atoms with Gasteiger partial charge < -0.3 is 9.73 Å². The van der Waals surface area contributed by atoms with Crippen LogP contribution in [0.15, 0.2) is 22.8 Å². The van der Waals surface area contributed by atoms with Gasteiger partial charge >= 0.3 is 0 Å². The zero-order valence-corrected chi connectivity index (χ0v) is 10.1. The molecular weight excluding hydrogens is 200 g/mol. The molecule has 0 aliphatic rings. The predicted octanol–water partition coefficient (Wildman–Crippen LogP) is 3.31. The van der Waals surface area contributed by atoms with Crippen molar-refractivity contribution in [3.8, 4) is 11.3 Å². The van der Waals surface area contributed by atoms with Crippen LogP contribution in [0.25, 0.3) is 11.3 Å². The number of benzene rings is 1. The monoisotopic (exact) mass is 216 g/mol. The van der Waals surface area contributed by atoms with E-state index >= 15 is 0 Å². The van der Waals surface area contributed by atoms with Gasteiger partial charge in [0.2, 0.25) is 0 Å². The third-order valence-corrected chi connectivity index (χ3v) is 3.05. The third kappa shape index (κ3) is 1.69. The quantitative estimate of drug-likeness (QED) is 0.837. The average Bonchev–Trinajstić information content (AvgIpc) is 2.74. The van der Waals surface area contributed by atoms with E-state index in [0.29, 0.717) is 6.01 Å². The highest BCUT2D eigenvalue weighted by Gasteiger charge is 2.10. The van der Waals surface area contributed by atoms with E-state index in [0.717, 1.165) is 11.3 Å². The van der Waals surface area contributed by atoms with Crippen LogP contribution >= 0.6 is 0 Å². The molecule has 1 N–H and O–H groups in total. The Morgan fingerprint density at radius 1 is 1.12 bits per heavy atom. The maximum atomic E-state index is 5.27. The van der Waals surface area contributed by atoms with Gasteiger partial charge in [-0.25, -0.2) is 0 Å². The minimum Gasteiger partial charge on any atom is -0.432 e. The molecular formula is C13H16N2O. The number of hydrogen-bond acceptors (Lipinski definition) is 3. The van der Waals surface area contributed by atoms with E-state index in [-0.39, 0.29) is 0 Å². The predicted molar refractivity (Wildman–Crippen MR) is 65.7 cm³/mol. The third-order valence-electron chi connectivity index (χ3n) is 3.05. The summed E-state index contributed by atoms with van der Waals surface area (Å²) in [7, 11) is 1.79. The molecule has 0 saturated carbocycles. The fraction of sp³-hybridized carbons (Fsp3) is 0.308. The zero-order chi connectivity index (χ0) is 11.7. The normalized spacial score (nSPS) is 10.5. The van der Waals surface area contributed by atoms with Gasteiger partial charge in [0.15, 0.2) is 0 Å². The van der Waals surface area contributed by atoms with Gasteiger partial charge in [0.05, 0.1) is 0 Å². The fourth-order valence-corrected chi connectivity index (χ4v) is 1.75. The van der Waals surface area contributed by atoms with Crippen molar-refractivity contribution >= 4 is 6.01 Å². The van der Waals surface area contributed by atoms with E-state index < -0.39 is 0 Å². The van der Waals surface area contributed by atoms with Crippen molar-refractivity contribution in [3.05, 3.63) is 35.1 Å². The van der Waals surface area contributed by atoms with E-state index in [1.165, 1.54) is 16.7 Å². The summed E-state index contributed by atoms with van der Waals surface area (Å²) >= 11 is 0. The average molecular weight is 216 g/mol. The second-order valence-electron chi connectivity index (χ2n) is 3.97. The molecule has 3 nitrogen and oxygen atoms in total. The topological polar surface area (TPSA) is 38.1 Å². The molecule has 0 unspecified atom stereocenters. The molecule has 2 rings (SSSR count). The van der Waals surface area contributed by atoms with E-state index in [1.807, 2.05) is 0 Å². The van der Waals surface area contributed by atoms with Crippen molar-refractivity contribution in [2.24, 2.45) is 0 Å². The SMILES string of the molecule is CNc1nc(-c2ccc(C)c(C)c2C)co1. The van der Waals surface area contributed by atoms with Gasteiger partial charge in [-0.1, -0.05) is 12.1 Å². The Hall–Kier alpha value is -1.77. The molecule has 1 heterocycles. The zero-order valence-electron chi connectivity index (χ0n) is 10.1. The Labute approximate surface area is 95.5 Å². The van der Waals surface area contributed by atoms with Crippen LogP contribution in [0.2, 0.25) is 0 Å². The van der Waals surface area contributed by atoms with Gasteiger partial charge in [0.1, 0.15) is 12.0 Å². The smallest absolute Gasteiger partial charge is 0.294 e.